The van der Waals surface area contributed by atoms with Crippen molar-refractivity contribution in [2.45, 2.75) is 45.3 Å². The van der Waals surface area contributed by atoms with Gasteiger partial charge in [0.2, 0.25) is 0 Å². The van der Waals surface area contributed by atoms with Gasteiger partial charge in [0.05, 0.1) is 5.69 Å². The van der Waals surface area contributed by atoms with Crippen molar-refractivity contribution in [2.75, 3.05) is 5.32 Å². The molecule has 0 fully saturated rings. The van der Waals surface area contributed by atoms with Crippen LogP contribution in [0.25, 0.3) is 0 Å². The van der Waals surface area contributed by atoms with Crippen LogP contribution in [0.5, 0.6) is 5.75 Å². The fourth-order valence-corrected chi connectivity index (χ4v) is 1.68. The largest absolute Gasteiger partial charge is 0.506 e. The van der Waals surface area contributed by atoms with Crippen LogP contribution in [0.4, 0.5) is 10.5 Å². The first-order chi connectivity index (χ1) is 9.90. The number of aliphatic hydroxyl groups is 1. The van der Waals surface area contributed by atoms with Crippen LogP contribution in [0.3, 0.4) is 0 Å². The molecule has 1 amide bonds. The van der Waals surface area contributed by atoms with Crippen LogP contribution in [0.15, 0.2) is 18.2 Å². The number of hydrogen-bond donors (Lipinski definition) is 4. The van der Waals surface area contributed by atoms with E-state index in [1.54, 1.807) is 20.8 Å². The third-order valence-electron chi connectivity index (χ3n) is 2.71. The van der Waals surface area contributed by atoms with Gasteiger partial charge in [-0.25, -0.2) is 9.59 Å². The third kappa shape index (κ3) is 5.25. The van der Waals surface area contributed by atoms with Crippen molar-refractivity contribution in [2.24, 2.45) is 0 Å². The fourth-order valence-electron chi connectivity index (χ4n) is 1.68. The number of aliphatic carboxylic acids is 1. The van der Waals surface area contributed by atoms with Crippen molar-refractivity contribution in [3.8, 4) is 5.75 Å². The molecule has 0 aliphatic rings. The van der Waals surface area contributed by atoms with E-state index in [9.17, 15) is 19.8 Å². The number of benzene rings is 1. The van der Waals surface area contributed by atoms with Crippen molar-refractivity contribution < 1.29 is 29.6 Å². The Kier molecular flexibility index (Phi) is 5.03. The first-order valence-electron chi connectivity index (χ1n) is 6.68. The van der Waals surface area contributed by atoms with Crippen LogP contribution < -0.4 is 5.32 Å². The average Bonchev–Trinajstić information content (AvgIpc) is 2.29. The molecule has 0 aromatic heterocycles. The van der Waals surface area contributed by atoms with Gasteiger partial charge in [0, 0.05) is 6.42 Å². The number of ether oxygens (including phenoxy) is 1. The van der Waals surface area contributed by atoms with E-state index in [0.29, 0.717) is 5.56 Å². The molecule has 0 bridgehead atoms. The number of phenolic OH excluding ortho intramolecular Hbond substituents is 1. The number of rotatable bonds is 4. The predicted octanol–water partition coefficient (Wildman–Crippen LogP) is 2.12. The minimum Gasteiger partial charge on any atom is -0.506 e. The number of hydrogen-bond acceptors (Lipinski definition) is 5. The van der Waals surface area contributed by atoms with E-state index in [0.717, 1.165) is 0 Å². The lowest BCUT2D eigenvalue weighted by atomic mass is 9.96. The minimum absolute atomic E-state index is 0.132. The van der Waals surface area contributed by atoms with Gasteiger partial charge in [-0.15, -0.1) is 0 Å². The van der Waals surface area contributed by atoms with E-state index in [-0.39, 0.29) is 17.9 Å². The van der Waals surface area contributed by atoms with E-state index in [1.807, 2.05) is 0 Å². The van der Waals surface area contributed by atoms with E-state index >= 15 is 0 Å². The summed E-state index contributed by atoms with van der Waals surface area (Å²) in [5.41, 5.74) is -2.06. The summed E-state index contributed by atoms with van der Waals surface area (Å²) in [6.07, 6.45) is -0.893. The van der Waals surface area contributed by atoms with Crippen LogP contribution in [0, 0.1) is 0 Å². The minimum atomic E-state index is -1.94. The lowest BCUT2D eigenvalue weighted by Gasteiger charge is -2.20. The smallest absolute Gasteiger partial charge is 0.412 e. The van der Waals surface area contributed by atoms with Gasteiger partial charge in [-0.05, 0) is 45.4 Å². The number of nitrogens with one attached hydrogen (secondary N) is 1. The summed E-state index contributed by atoms with van der Waals surface area (Å²) in [4.78, 5) is 22.5. The average molecular weight is 311 g/mol. The number of anilines is 1. The van der Waals surface area contributed by atoms with Gasteiger partial charge in [0.25, 0.3) is 0 Å². The van der Waals surface area contributed by atoms with Crippen molar-refractivity contribution >= 4 is 17.7 Å². The van der Waals surface area contributed by atoms with Crippen molar-refractivity contribution in [1.82, 2.24) is 0 Å². The summed E-state index contributed by atoms with van der Waals surface area (Å²) in [5, 5.41) is 30.8. The molecule has 0 spiro atoms. The third-order valence-corrected chi connectivity index (χ3v) is 2.71. The van der Waals surface area contributed by atoms with Gasteiger partial charge in [-0.2, -0.15) is 0 Å². The summed E-state index contributed by atoms with van der Waals surface area (Å²) in [6, 6.07) is 4.19. The molecular weight excluding hydrogens is 290 g/mol. The van der Waals surface area contributed by atoms with Gasteiger partial charge in [-0.1, -0.05) is 6.07 Å². The Morgan fingerprint density at radius 2 is 1.82 bits per heavy atom. The van der Waals surface area contributed by atoms with Crippen LogP contribution >= 0.6 is 0 Å². The van der Waals surface area contributed by atoms with E-state index in [2.05, 4.69) is 5.32 Å². The van der Waals surface area contributed by atoms with Crippen LogP contribution in [-0.2, 0) is 16.0 Å². The molecule has 0 saturated carbocycles. The molecule has 0 aliphatic carbocycles. The maximum absolute atomic E-state index is 11.6. The quantitative estimate of drug-likeness (QED) is 0.633. The molecule has 7 heteroatoms. The van der Waals surface area contributed by atoms with Crippen molar-refractivity contribution in [3.05, 3.63) is 23.8 Å². The molecular formula is C15H21NO6. The number of carbonyl (C=O) groups is 2. The number of phenols is 1. The van der Waals surface area contributed by atoms with Crippen LogP contribution in [0.1, 0.15) is 33.3 Å². The first kappa shape index (κ1) is 17.8. The Morgan fingerprint density at radius 1 is 1.23 bits per heavy atom. The number of carbonyl (C=O) groups excluding carboxylic acids is 1. The molecule has 0 heterocycles. The highest BCUT2D eigenvalue weighted by Crippen LogP contribution is 2.27. The Hall–Kier alpha value is -2.28. The van der Waals surface area contributed by atoms with Gasteiger partial charge < -0.3 is 20.1 Å². The zero-order chi connectivity index (χ0) is 17.1. The molecule has 122 valence electrons. The molecule has 0 aliphatic heterocycles. The lowest BCUT2D eigenvalue weighted by Crippen LogP contribution is -2.37. The number of aromatic hydroxyl groups is 1. The lowest BCUT2D eigenvalue weighted by molar-refractivity contribution is -0.156. The molecule has 0 radical (unpaired) electrons. The molecule has 0 saturated heterocycles. The summed E-state index contributed by atoms with van der Waals surface area (Å²) in [5.74, 6) is -1.60. The molecule has 4 N–H and O–H groups in total. The number of amides is 1. The fraction of sp³-hybridized carbons (Fsp3) is 0.467. The Bertz CT molecular complexity index is 574. The predicted molar refractivity (Wildman–Crippen MR) is 79.9 cm³/mol. The van der Waals surface area contributed by atoms with Crippen molar-refractivity contribution in [3.63, 3.8) is 0 Å². The Morgan fingerprint density at radius 3 is 2.27 bits per heavy atom. The normalized spacial score (nSPS) is 14.0. The number of carboxylic acid groups (broad SMARTS) is 1. The van der Waals surface area contributed by atoms with Gasteiger partial charge in [-0.3, -0.25) is 5.32 Å². The topological polar surface area (TPSA) is 116 Å². The first-order valence-corrected chi connectivity index (χ1v) is 6.68. The molecule has 1 aromatic carbocycles. The van der Waals surface area contributed by atoms with Gasteiger partial charge >= 0.3 is 12.1 Å². The molecule has 1 atom stereocenters. The molecule has 1 rings (SSSR count). The highest BCUT2D eigenvalue weighted by molar-refractivity contribution is 5.87. The Balaban J connectivity index is 2.82. The maximum atomic E-state index is 11.6. The molecule has 1 aromatic rings. The SMILES string of the molecule is CC(C)(C)OC(=O)Nc1ccc(CC(C)(O)C(=O)O)cc1O. The van der Waals surface area contributed by atoms with Crippen molar-refractivity contribution in [1.29, 1.82) is 0 Å². The zero-order valence-corrected chi connectivity index (χ0v) is 13.0. The molecule has 7 nitrogen and oxygen atoms in total. The van der Waals surface area contributed by atoms with E-state index in [1.165, 1.54) is 25.1 Å². The van der Waals surface area contributed by atoms with E-state index < -0.39 is 23.3 Å². The second-order valence-corrected chi connectivity index (χ2v) is 6.23. The summed E-state index contributed by atoms with van der Waals surface area (Å²) in [6.45, 7) is 6.30. The highest BCUT2D eigenvalue weighted by Gasteiger charge is 2.30. The zero-order valence-electron chi connectivity index (χ0n) is 13.0. The standard InChI is InChI=1S/C15H21NO6/c1-14(2,3)22-13(20)16-10-6-5-9(7-11(10)17)8-15(4,21)12(18)19/h5-7,17,21H,8H2,1-4H3,(H,16,20)(H,18,19). The second-order valence-electron chi connectivity index (χ2n) is 6.23. The molecule has 22 heavy (non-hydrogen) atoms. The summed E-state index contributed by atoms with van der Waals surface area (Å²) < 4.78 is 5.06. The second kappa shape index (κ2) is 6.23. The summed E-state index contributed by atoms with van der Waals surface area (Å²) >= 11 is 0. The highest BCUT2D eigenvalue weighted by atomic mass is 16.6. The van der Waals surface area contributed by atoms with Crippen LogP contribution in [0.2, 0.25) is 0 Å². The van der Waals surface area contributed by atoms with Gasteiger partial charge in [0.15, 0.2) is 5.60 Å². The van der Waals surface area contributed by atoms with Crippen LogP contribution in [-0.4, -0.2) is 38.6 Å². The van der Waals surface area contributed by atoms with E-state index in [4.69, 9.17) is 9.84 Å². The maximum Gasteiger partial charge on any atom is 0.412 e. The summed E-state index contributed by atoms with van der Waals surface area (Å²) in [7, 11) is 0. The van der Waals surface area contributed by atoms with Gasteiger partial charge in [0.1, 0.15) is 11.4 Å². The number of carboxylic acids is 1. The monoisotopic (exact) mass is 311 g/mol. The Labute approximate surface area is 128 Å². The molecule has 1 unspecified atom stereocenters.